The van der Waals surface area contributed by atoms with Gasteiger partial charge in [0.05, 0.1) is 17.1 Å². The molecule has 1 aromatic heterocycles. The van der Waals surface area contributed by atoms with Crippen LogP contribution >= 0.6 is 0 Å². The highest BCUT2D eigenvalue weighted by Gasteiger charge is 2.12. The van der Waals surface area contributed by atoms with Crippen LogP contribution in [0.4, 0.5) is 17.1 Å². The Balaban J connectivity index is 2.13. The van der Waals surface area contributed by atoms with Gasteiger partial charge in [0.25, 0.3) is 0 Å². The van der Waals surface area contributed by atoms with E-state index in [9.17, 15) is 0 Å². The molecule has 0 amide bonds. The number of nitrogens with zero attached hydrogens (tertiary/aromatic N) is 1. The Morgan fingerprint density at radius 1 is 1.05 bits per heavy atom. The predicted molar refractivity (Wildman–Crippen MR) is 82.0 cm³/mol. The number of para-hydroxylation sites is 1. The van der Waals surface area contributed by atoms with Gasteiger partial charge >= 0.3 is 0 Å². The van der Waals surface area contributed by atoms with Crippen molar-refractivity contribution in [3.05, 3.63) is 54.2 Å². The van der Waals surface area contributed by atoms with E-state index in [0.717, 1.165) is 22.6 Å². The standard InChI is InChI=1S/C16H17N3/c1-11-7-8-13(17)15(9-11)19(2)16-10-18-14-6-4-3-5-12(14)16/h3-10,18H,17H2,1-2H3. The molecule has 0 saturated heterocycles. The number of nitrogen functional groups attached to an aromatic ring is 1. The lowest BCUT2D eigenvalue weighted by Gasteiger charge is -2.21. The van der Waals surface area contributed by atoms with Gasteiger partial charge < -0.3 is 15.6 Å². The summed E-state index contributed by atoms with van der Waals surface area (Å²) in [5, 5.41) is 1.20. The summed E-state index contributed by atoms with van der Waals surface area (Å²) in [5.41, 5.74) is 11.4. The summed E-state index contributed by atoms with van der Waals surface area (Å²) in [4.78, 5) is 5.42. The van der Waals surface area contributed by atoms with E-state index in [-0.39, 0.29) is 0 Å². The van der Waals surface area contributed by atoms with Gasteiger partial charge in [-0.25, -0.2) is 0 Å². The van der Waals surface area contributed by atoms with Gasteiger partial charge in [0.15, 0.2) is 0 Å². The van der Waals surface area contributed by atoms with Gasteiger partial charge in [-0.05, 0) is 30.7 Å². The fourth-order valence-corrected chi connectivity index (χ4v) is 2.41. The van der Waals surface area contributed by atoms with E-state index in [2.05, 4.69) is 35.0 Å². The lowest BCUT2D eigenvalue weighted by molar-refractivity contribution is 1.21. The molecule has 2 aromatic carbocycles. The number of nitrogens with one attached hydrogen (secondary N) is 1. The van der Waals surface area contributed by atoms with Gasteiger partial charge in [-0.3, -0.25) is 0 Å². The number of H-pyrrole nitrogens is 1. The number of hydrogen-bond donors (Lipinski definition) is 2. The molecule has 3 nitrogen and oxygen atoms in total. The van der Waals surface area contributed by atoms with Crippen LogP contribution < -0.4 is 10.6 Å². The quantitative estimate of drug-likeness (QED) is 0.680. The summed E-state index contributed by atoms with van der Waals surface area (Å²) in [7, 11) is 2.04. The maximum absolute atomic E-state index is 6.09. The molecule has 1 heterocycles. The average Bonchev–Trinajstić information content (AvgIpc) is 2.84. The first-order valence-electron chi connectivity index (χ1n) is 6.33. The maximum Gasteiger partial charge on any atom is 0.0666 e. The molecular formula is C16H17N3. The van der Waals surface area contributed by atoms with Crippen LogP contribution in [0.1, 0.15) is 5.56 Å². The fraction of sp³-hybridized carbons (Fsp3) is 0.125. The van der Waals surface area contributed by atoms with Crippen molar-refractivity contribution in [3.63, 3.8) is 0 Å². The van der Waals surface area contributed by atoms with E-state index in [1.54, 1.807) is 0 Å². The van der Waals surface area contributed by atoms with Crippen LogP contribution in [0.5, 0.6) is 0 Å². The van der Waals surface area contributed by atoms with Crippen molar-refractivity contribution < 1.29 is 0 Å². The zero-order valence-corrected chi connectivity index (χ0v) is 11.1. The minimum atomic E-state index is 0.790. The molecule has 0 radical (unpaired) electrons. The van der Waals surface area contributed by atoms with E-state index in [0.29, 0.717) is 0 Å². The monoisotopic (exact) mass is 251 g/mol. The van der Waals surface area contributed by atoms with Crippen LogP contribution in [-0.4, -0.2) is 12.0 Å². The van der Waals surface area contributed by atoms with E-state index >= 15 is 0 Å². The Bertz CT molecular complexity index is 728. The number of aromatic nitrogens is 1. The van der Waals surface area contributed by atoms with Gasteiger partial charge in [-0.2, -0.15) is 0 Å². The zero-order valence-electron chi connectivity index (χ0n) is 11.1. The number of benzene rings is 2. The Morgan fingerprint density at radius 3 is 2.68 bits per heavy atom. The van der Waals surface area contributed by atoms with Crippen LogP contribution in [0.3, 0.4) is 0 Å². The number of nitrogens with two attached hydrogens (primary N) is 1. The molecule has 0 aliphatic heterocycles. The minimum absolute atomic E-state index is 0.790. The summed E-state index contributed by atoms with van der Waals surface area (Å²) in [6, 6.07) is 14.4. The van der Waals surface area contributed by atoms with Gasteiger partial charge in [0.2, 0.25) is 0 Å². The van der Waals surface area contributed by atoms with Crippen molar-refractivity contribution in [1.29, 1.82) is 0 Å². The first-order valence-corrected chi connectivity index (χ1v) is 6.33. The summed E-state index contributed by atoms with van der Waals surface area (Å²) in [6.45, 7) is 2.08. The molecule has 0 bridgehead atoms. The third-order valence-corrected chi connectivity index (χ3v) is 3.48. The lowest BCUT2D eigenvalue weighted by atomic mass is 10.1. The molecule has 96 valence electrons. The number of aromatic amines is 1. The summed E-state index contributed by atoms with van der Waals surface area (Å²) >= 11 is 0. The largest absolute Gasteiger partial charge is 0.397 e. The van der Waals surface area contributed by atoms with Gasteiger partial charge in [-0.1, -0.05) is 24.3 Å². The van der Waals surface area contributed by atoms with Crippen LogP contribution in [0, 0.1) is 6.92 Å². The van der Waals surface area contributed by atoms with Crippen LogP contribution in [-0.2, 0) is 0 Å². The molecule has 0 saturated carbocycles. The van der Waals surface area contributed by atoms with Gasteiger partial charge in [-0.15, -0.1) is 0 Å². The topological polar surface area (TPSA) is 45.0 Å². The van der Waals surface area contributed by atoms with Crippen molar-refractivity contribution >= 4 is 28.0 Å². The molecule has 0 spiro atoms. The number of hydrogen-bond acceptors (Lipinski definition) is 2. The predicted octanol–water partition coefficient (Wildman–Crippen LogP) is 3.83. The highest BCUT2D eigenvalue weighted by Crippen LogP contribution is 2.34. The maximum atomic E-state index is 6.09. The molecule has 0 atom stereocenters. The van der Waals surface area contributed by atoms with Gasteiger partial charge in [0, 0.05) is 24.1 Å². The second-order valence-corrected chi connectivity index (χ2v) is 4.84. The normalized spacial score (nSPS) is 10.8. The molecule has 19 heavy (non-hydrogen) atoms. The second kappa shape index (κ2) is 4.35. The van der Waals surface area contributed by atoms with Crippen LogP contribution in [0.15, 0.2) is 48.7 Å². The molecule has 3 heteroatoms. The summed E-state index contributed by atoms with van der Waals surface area (Å²) < 4.78 is 0. The number of fused-ring (bicyclic) bond motifs is 1. The highest BCUT2D eigenvalue weighted by atomic mass is 15.1. The van der Waals surface area contributed by atoms with E-state index in [1.807, 2.05) is 37.5 Å². The average molecular weight is 251 g/mol. The molecule has 0 aliphatic carbocycles. The van der Waals surface area contributed by atoms with Crippen molar-refractivity contribution in [3.8, 4) is 0 Å². The molecule has 3 rings (SSSR count). The third kappa shape index (κ3) is 1.93. The molecular weight excluding hydrogens is 234 g/mol. The number of anilines is 3. The van der Waals surface area contributed by atoms with Crippen molar-refractivity contribution in [2.75, 3.05) is 17.7 Å². The van der Waals surface area contributed by atoms with Gasteiger partial charge in [0.1, 0.15) is 0 Å². The van der Waals surface area contributed by atoms with Crippen molar-refractivity contribution in [2.45, 2.75) is 6.92 Å². The lowest BCUT2D eigenvalue weighted by Crippen LogP contribution is -2.11. The van der Waals surface area contributed by atoms with Crippen molar-refractivity contribution in [2.24, 2.45) is 0 Å². The molecule has 0 fully saturated rings. The van der Waals surface area contributed by atoms with E-state index in [1.165, 1.54) is 10.9 Å². The highest BCUT2D eigenvalue weighted by molar-refractivity contribution is 5.95. The number of rotatable bonds is 2. The van der Waals surface area contributed by atoms with Crippen molar-refractivity contribution in [1.82, 2.24) is 4.98 Å². The Labute approximate surface area is 112 Å². The first kappa shape index (κ1) is 11.7. The van der Waals surface area contributed by atoms with E-state index < -0.39 is 0 Å². The minimum Gasteiger partial charge on any atom is -0.397 e. The van der Waals surface area contributed by atoms with E-state index in [4.69, 9.17) is 5.73 Å². The summed E-state index contributed by atoms with van der Waals surface area (Å²) in [5.74, 6) is 0. The van der Waals surface area contributed by atoms with Crippen LogP contribution in [0.2, 0.25) is 0 Å². The summed E-state index contributed by atoms with van der Waals surface area (Å²) in [6.07, 6.45) is 2.02. The molecule has 3 aromatic rings. The SMILES string of the molecule is Cc1ccc(N)c(N(C)c2c[nH]c3ccccc23)c1. The molecule has 0 unspecified atom stereocenters. The second-order valence-electron chi connectivity index (χ2n) is 4.84. The number of aryl methyl sites for hydroxylation is 1. The molecule has 0 aliphatic rings. The Kier molecular flexibility index (Phi) is 2.67. The Morgan fingerprint density at radius 2 is 1.84 bits per heavy atom. The smallest absolute Gasteiger partial charge is 0.0666 e. The Hall–Kier alpha value is -2.42. The fourth-order valence-electron chi connectivity index (χ4n) is 2.41. The third-order valence-electron chi connectivity index (χ3n) is 3.48. The zero-order chi connectivity index (χ0) is 13.4. The molecule has 3 N–H and O–H groups in total. The van der Waals surface area contributed by atoms with Crippen LogP contribution in [0.25, 0.3) is 10.9 Å². The first-order chi connectivity index (χ1) is 9.16.